The van der Waals surface area contributed by atoms with E-state index in [0.717, 1.165) is 39.7 Å². The van der Waals surface area contributed by atoms with Gasteiger partial charge in [0.25, 0.3) is 5.56 Å². The Hall–Kier alpha value is -4.06. The highest BCUT2D eigenvalue weighted by atomic mass is 32.1. The van der Waals surface area contributed by atoms with Crippen molar-refractivity contribution in [2.24, 2.45) is 0 Å². The average Bonchev–Trinajstić information content (AvgIpc) is 3.42. The Kier molecular flexibility index (Phi) is 7.67. The maximum absolute atomic E-state index is 13.1. The van der Waals surface area contributed by atoms with Crippen LogP contribution in [0.2, 0.25) is 0 Å². The zero-order valence-electron chi connectivity index (χ0n) is 19.5. The van der Waals surface area contributed by atoms with Gasteiger partial charge in [-0.25, -0.2) is 4.79 Å². The number of amides is 1. The van der Waals surface area contributed by atoms with E-state index in [4.69, 9.17) is 14.2 Å². The van der Waals surface area contributed by atoms with Gasteiger partial charge in [-0.1, -0.05) is 18.2 Å². The zero-order chi connectivity index (χ0) is 26.6. The number of alkyl halides is 3. The second-order valence-electron chi connectivity index (χ2n) is 7.82. The van der Waals surface area contributed by atoms with Gasteiger partial charge in [-0.3, -0.25) is 14.2 Å². The number of ether oxygens (including phenoxy) is 3. The van der Waals surface area contributed by atoms with Crippen LogP contribution in [0.5, 0.6) is 11.5 Å². The second-order valence-corrected chi connectivity index (χ2v) is 8.88. The number of thiazole rings is 1. The number of aromatic nitrogens is 1. The number of carbonyl (C=O) groups excluding carboxylic acids is 2. The smallest absolute Gasteiger partial charge is 0.416 e. The molecule has 12 heteroatoms. The molecule has 4 rings (SSSR count). The van der Waals surface area contributed by atoms with E-state index in [2.05, 4.69) is 5.32 Å². The molecule has 3 aromatic rings. The molecule has 0 spiro atoms. The maximum atomic E-state index is 13.1. The first kappa shape index (κ1) is 26.0. The van der Waals surface area contributed by atoms with Crippen LogP contribution < -0.4 is 29.5 Å². The van der Waals surface area contributed by atoms with Crippen molar-refractivity contribution in [1.82, 2.24) is 9.88 Å². The van der Waals surface area contributed by atoms with Crippen LogP contribution in [0.25, 0.3) is 12.2 Å². The monoisotopic (exact) mass is 534 g/mol. The summed E-state index contributed by atoms with van der Waals surface area (Å²) in [4.78, 5) is 37.8. The molecule has 0 saturated heterocycles. The molecular weight excluding hydrogens is 513 g/mol. The fraction of sp³-hybridized carbons (Fsp3) is 0.240. The van der Waals surface area contributed by atoms with Gasteiger partial charge in [0.15, 0.2) is 11.5 Å². The van der Waals surface area contributed by atoms with Crippen molar-refractivity contribution in [2.45, 2.75) is 26.2 Å². The molecule has 0 radical (unpaired) electrons. The Bertz CT molecular complexity index is 1490. The largest absolute Gasteiger partial charge is 0.463 e. The number of hydrogen-bond donors (Lipinski definition) is 1. The highest BCUT2D eigenvalue weighted by Gasteiger charge is 2.29. The average molecular weight is 535 g/mol. The number of esters is 1. The number of halogens is 3. The second kappa shape index (κ2) is 10.9. The number of hydrogen-bond acceptors (Lipinski definition) is 7. The Morgan fingerprint density at radius 1 is 1.14 bits per heavy atom. The van der Waals surface area contributed by atoms with Crippen molar-refractivity contribution in [2.75, 3.05) is 13.4 Å². The van der Waals surface area contributed by atoms with Crippen molar-refractivity contribution in [3.05, 3.63) is 78.7 Å². The van der Waals surface area contributed by atoms with Crippen LogP contribution in [-0.2, 0) is 33.6 Å². The summed E-state index contributed by atoms with van der Waals surface area (Å²) in [6.45, 7) is 1.64. The molecule has 0 unspecified atom stereocenters. The van der Waals surface area contributed by atoms with Crippen molar-refractivity contribution in [3.8, 4) is 11.5 Å². The normalized spacial score (nSPS) is 13.6. The number of benzene rings is 2. The summed E-state index contributed by atoms with van der Waals surface area (Å²) >= 11 is 0.921. The Morgan fingerprint density at radius 3 is 2.57 bits per heavy atom. The van der Waals surface area contributed by atoms with Crippen LogP contribution in [0.15, 0.2) is 47.3 Å². The highest BCUT2D eigenvalue weighted by Crippen LogP contribution is 2.32. The third-order valence-corrected chi connectivity index (χ3v) is 6.29. The van der Waals surface area contributed by atoms with E-state index in [9.17, 15) is 27.6 Å². The lowest BCUT2D eigenvalue weighted by Crippen LogP contribution is -2.38. The van der Waals surface area contributed by atoms with Gasteiger partial charge >= 0.3 is 12.1 Å². The van der Waals surface area contributed by atoms with Gasteiger partial charge in [0.1, 0.15) is 11.2 Å². The van der Waals surface area contributed by atoms with E-state index >= 15 is 0 Å². The first-order chi connectivity index (χ1) is 17.6. The first-order valence-electron chi connectivity index (χ1n) is 11.1. The van der Waals surface area contributed by atoms with Crippen LogP contribution in [0, 0.1) is 0 Å². The van der Waals surface area contributed by atoms with Gasteiger partial charge in [0, 0.05) is 6.54 Å². The van der Waals surface area contributed by atoms with Gasteiger partial charge in [-0.2, -0.15) is 13.2 Å². The summed E-state index contributed by atoms with van der Waals surface area (Å²) in [6.07, 6.45) is -1.98. The van der Waals surface area contributed by atoms with Crippen LogP contribution in [-0.4, -0.2) is 29.8 Å². The van der Waals surface area contributed by atoms with E-state index in [0.29, 0.717) is 17.1 Å². The third-order valence-electron chi connectivity index (χ3n) is 5.23. The SMILES string of the molecule is CCOC(=O)C=c1sc(=Cc2ccc(C(F)(F)F)cc2)c(=O)n1CC(=O)NCc1ccc2c(c1)OCO2. The number of rotatable bonds is 7. The van der Waals surface area contributed by atoms with E-state index in [1.54, 1.807) is 25.1 Å². The fourth-order valence-electron chi connectivity index (χ4n) is 3.45. The number of carbonyl (C=O) groups is 2. The zero-order valence-corrected chi connectivity index (χ0v) is 20.3. The predicted octanol–water partition coefficient (Wildman–Crippen LogP) is 2.15. The van der Waals surface area contributed by atoms with Crippen LogP contribution >= 0.6 is 11.3 Å². The molecule has 194 valence electrons. The standard InChI is InChI=1S/C25H21F3N2O6S/c1-2-34-23(32)11-22-30(13-21(31)29-12-16-5-8-18-19(9-16)36-14-35-18)24(33)20(37-22)10-15-3-6-17(7-4-15)25(26,27)28/h3-11H,2,12-14H2,1H3,(H,29,31). The highest BCUT2D eigenvalue weighted by molar-refractivity contribution is 7.07. The van der Waals surface area contributed by atoms with Crippen LogP contribution in [0.3, 0.4) is 0 Å². The molecule has 1 N–H and O–H groups in total. The molecular formula is C25H21F3N2O6S. The lowest BCUT2D eigenvalue weighted by molar-refractivity contribution is -0.137. The summed E-state index contributed by atoms with van der Waals surface area (Å²) in [6, 6.07) is 9.51. The predicted molar refractivity (Wildman–Crippen MR) is 128 cm³/mol. The summed E-state index contributed by atoms with van der Waals surface area (Å²) in [5, 5.41) is 2.71. The molecule has 0 saturated carbocycles. The summed E-state index contributed by atoms with van der Waals surface area (Å²) in [7, 11) is 0. The quantitative estimate of drug-likeness (QED) is 0.467. The van der Waals surface area contributed by atoms with Gasteiger partial charge in [0.2, 0.25) is 12.7 Å². The molecule has 1 aliphatic rings. The van der Waals surface area contributed by atoms with Gasteiger partial charge in [0.05, 0.1) is 22.8 Å². The lowest BCUT2D eigenvalue weighted by Gasteiger charge is -2.07. The molecule has 0 aliphatic carbocycles. The van der Waals surface area contributed by atoms with Crippen molar-refractivity contribution >= 4 is 35.4 Å². The van der Waals surface area contributed by atoms with Crippen molar-refractivity contribution in [3.63, 3.8) is 0 Å². The Balaban J connectivity index is 1.59. The molecule has 0 bridgehead atoms. The molecule has 0 fully saturated rings. The van der Waals surface area contributed by atoms with Crippen LogP contribution in [0.1, 0.15) is 23.6 Å². The Labute approximate surface area is 212 Å². The van der Waals surface area contributed by atoms with Crippen molar-refractivity contribution in [1.29, 1.82) is 0 Å². The third kappa shape index (κ3) is 6.39. The van der Waals surface area contributed by atoms with E-state index in [-0.39, 0.29) is 35.7 Å². The van der Waals surface area contributed by atoms with Crippen LogP contribution in [0.4, 0.5) is 13.2 Å². The minimum Gasteiger partial charge on any atom is -0.463 e. The minimum atomic E-state index is -4.48. The number of nitrogens with zero attached hydrogens (tertiary/aromatic N) is 1. The topological polar surface area (TPSA) is 95.9 Å². The first-order valence-corrected chi connectivity index (χ1v) is 11.9. The minimum absolute atomic E-state index is 0.117. The molecule has 0 atom stereocenters. The van der Waals surface area contributed by atoms with Gasteiger partial charge in [-0.15, -0.1) is 11.3 Å². The lowest BCUT2D eigenvalue weighted by atomic mass is 10.1. The molecule has 2 aromatic carbocycles. The molecule has 1 aromatic heterocycles. The fourth-order valence-corrected chi connectivity index (χ4v) is 4.48. The summed E-state index contributed by atoms with van der Waals surface area (Å²) in [5.74, 6) is -0.0112. The number of fused-ring (bicyclic) bond motifs is 1. The maximum Gasteiger partial charge on any atom is 0.416 e. The molecule has 2 heterocycles. The Morgan fingerprint density at radius 2 is 1.86 bits per heavy atom. The van der Waals surface area contributed by atoms with Crippen molar-refractivity contribution < 1.29 is 37.0 Å². The molecule has 1 amide bonds. The summed E-state index contributed by atoms with van der Waals surface area (Å²) < 4.78 is 55.4. The van der Waals surface area contributed by atoms with E-state index in [1.165, 1.54) is 18.2 Å². The molecule has 37 heavy (non-hydrogen) atoms. The number of nitrogens with one attached hydrogen (secondary N) is 1. The molecule has 8 nitrogen and oxygen atoms in total. The van der Waals surface area contributed by atoms with E-state index in [1.807, 2.05) is 0 Å². The summed E-state index contributed by atoms with van der Waals surface area (Å²) in [5.41, 5.74) is -0.277. The van der Waals surface area contributed by atoms with Gasteiger partial charge in [-0.05, 0) is 48.4 Å². The molecule has 1 aliphatic heterocycles. The van der Waals surface area contributed by atoms with E-state index < -0.39 is 29.2 Å². The van der Waals surface area contributed by atoms with Gasteiger partial charge < -0.3 is 19.5 Å².